The molecule has 5 unspecified atom stereocenters. The maximum Gasteiger partial charge on any atom is 0.252 e. The maximum absolute atomic E-state index is 14.3. The molecule has 5 atom stereocenters. The number of amides is 2. The normalized spacial score (nSPS) is 23.5. The van der Waals surface area contributed by atoms with Crippen LogP contribution in [0.3, 0.4) is 0 Å². The van der Waals surface area contributed by atoms with E-state index in [-0.39, 0.29) is 17.9 Å². The molecule has 0 spiro atoms. The molecule has 3 aromatic heterocycles. The fourth-order valence-electron chi connectivity index (χ4n) is 9.44. The average Bonchev–Trinajstić information content (AvgIpc) is 3.87. The molecule has 10 heteroatoms. The molecule has 0 saturated carbocycles. The van der Waals surface area contributed by atoms with Crippen LogP contribution < -0.4 is 11.1 Å². The Morgan fingerprint density at radius 3 is 2.49 bits per heavy atom. The van der Waals surface area contributed by atoms with Crippen LogP contribution in [0.2, 0.25) is 0 Å². The number of carbonyl (C=O) groups excluding carboxylic acids is 2. The Hall–Kier alpha value is -5.16. The lowest BCUT2D eigenvalue weighted by molar-refractivity contribution is -0.266. The lowest BCUT2D eigenvalue weighted by Gasteiger charge is -2.50. The van der Waals surface area contributed by atoms with Gasteiger partial charge >= 0.3 is 0 Å². The first-order valence-electron chi connectivity index (χ1n) is 16.9. The van der Waals surface area contributed by atoms with E-state index in [1.165, 1.54) is 0 Å². The third-order valence-electron chi connectivity index (χ3n) is 11.5. The third kappa shape index (κ3) is 3.60. The molecule has 2 amide bonds. The van der Waals surface area contributed by atoms with Crippen LogP contribution in [-0.4, -0.2) is 63.2 Å². The average molecular weight is 653 g/mol. The van der Waals surface area contributed by atoms with Crippen molar-refractivity contribution >= 4 is 66.3 Å². The largest absolute Gasteiger partial charge is 0.374 e. The quantitative estimate of drug-likeness (QED) is 0.222. The Labute approximate surface area is 281 Å². The molecule has 0 radical (unpaired) electrons. The van der Waals surface area contributed by atoms with Crippen LogP contribution in [0.4, 0.5) is 0 Å². The molecule has 1 fully saturated rings. The predicted octanol–water partition coefficient (Wildman–Crippen LogP) is 5.64. The van der Waals surface area contributed by atoms with E-state index in [1.54, 1.807) is 12.0 Å². The second-order valence-corrected chi connectivity index (χ2v) is 13.9. The van der Waals surface area contributed by atoms with Crippen molar-refractivity contribution in [3.8, 4) is 0 Å². The van der Waals surface area contributed by atoms with Gasteiger partial charge in [-0.05, 0) is 42.7 Å². The number of nitrogens with one attached hydrogen (secondary N) is 2. The molecule has 10 nitrogen and oxygen atoms in total. The number of nitrogens with two attached hydrogens (primary N) is 1. The molecular formula is C39H36N6O4. The van der Waals surface area contributed by atoms with Crippen molar-refractivity contribution in [2.45, 2.75) is 56.5 Å². The topological polar surface area (TPSA) is 120 Å². The van der Waals surface area contributed by atoms with Crippen LogP contribution in [0, 0.1) is 0 Å². The number of hydrogen-bond donors (Lipinski definition) is 3. The minimum absolute atomic E-state index is 0.0573. The maximum atomic E-state index is 14.3. The van der Waals surface area contributed by atoms with Gasteiger partial charge in [0.2, 0.25) is 5.91 Å². The summed E-state index contributed by atoms with van der Waals surface area (Å²) in [6.07, 6.45) is 1.81. The van der Waals surface area contributed by atoms with E-state index in [4.69, 9.17) is 15.2 Å². The highest BCUT2D eigenvalue weighted by atomic mass is 16.6. The Morgan fingerprint density at radius 2 is 1.71 bits per heavy atom. The van der Waals surface area contributed by atoms with Gasteiger partial charge in [-0.15, -0.1) is 0 Å². The summed E-state index contributed by atoms with van der Waals surface area (Å²) < 4.78 is 18.2. The molecule has 0 aliphatic carbocycles. The lowest BCUT2D eigenvalue weighted by Crippen LogP contribution is -2.62. The molecule has 49 heavy (non-hydrogen) atoms. The summed E-state index contributed by atoms with van der Waals surface area (Å²) in [6, 6.07) is 23.5. The molecule has 3 aliphatic rings. The highest BCUT2D eigenvalue weighted by molar-refractivity contribution is 6.31. The first kappa shape index (κ1) is 28.8. The molecule has 6 heterocycles. The second-order valence-electron chi connectivity index (χ2n) is 13.9. The van der Waals surface area contributed by atoms with E-state index in [9.17, 15) is 9.59 Å². The summed E-state index contributed by atoms with van der Waals surface area (Å²) in [5, 5.41) is 8.24. The van der Waals surface area contributed by atoms with E-state index < -0.39 is 24.1 Å². The molecular weight excluding hydrogens is 616 g/mol. The molecule has 3 aliphatic heterocycles. The summed E-state index contributed by atoms with van der Waals surface area (Å²) >= 11 is 0. The predicted molar refractivity (Wildman–Crippen MR) is 189 cm³/mol. The fourth-order valence-corrected chi connectivity index (χ4v) is 9.44. The summed E-state index contributed by atoms with van der Waals surface area (Å²) in [5.41, 5.74) is 13.4. The zero-order valence-electron chi connectivity index (χ0n) is 27.5. The van der Waals surface area contributed by atoms with Crippen molar-refractivity contribution in [3.63, 3.8) is 0 Å². The Morgan fingerprint density at radius 1 is 1.02 bits per heavy atom. The van der Waals surface area contributed by atoms with Crippen LogP contribution in [0.15, 0.2) is 79.0 Å². The van der Waals surface area contributed by atoms with Gasteiger partial charge in [-0.3, -0.25) is 9.59 Å². The highest BCUT2D eigenvalue weighted by Crippen LogP contribution is 2.54. The van der Waals surface area contributed by atoms with E-state index in [2.05, 4.69) is 56.7 Å². The van der Waals surface area contributed by atoms with Crippen LogP contribution >= 0.6 is 0 Å². The summed E-state index contributed by atoms with van der Waals surface area (Å²) in [6.45, 7) is 2.53. The van der Waals surface area contributed by atoms with Crippen LogP contribution in [0.1, 0.15) is 41.1 Å². The molecule has 246 valence electrons. The minimum atomic E-state index is -1.03. The van der Waals surface area contributed by atoms with Gasteiger partial charge in [0.25, 0.3) is 5.91 Å². The monoisotopic (exact) mass is 652 g/mol. The van der Waals surface area contributed by atoms with Crippen LogP contribution in [0.25, 0.3) is 54.5 Å². The number of benzene rings is 4. The number of para-hydroxylation sites is 3. The number of H-pyrrole nitrogens is 1. The number of methoxy groups -OCH3 is 1. The Balaban J connectivity index is 1.19. The number of nitrogens with zero attached hydrogens (tertiary/aromatic N) is 3. The van der Waals surface area contributed by atoms with E-state index >= 15 is 0 Å². The number of aromatic amines is 1. The van der Waals surface area contributed by atoms with Gasteiger partial charge in [0.1, 0.15) is 12.3 Å². The molecule has 10 rings (SSSR count). The summed E-state index contributed by atoms with van der Waals surface area (Å²) in [4.78, 5) is 33.0. The van der Waals surface area contributed by atoms with Gasteiger partial charge in [0.15, 0.2) is 5.72 Å². The van der Waals surface area contributed by atoms with Crippen molar-refractivity contribution in [2.75, 3.05) is 14.2 Å². The minimum Gasteiger partial charge on any atom is -0.374 e. The smallest absolute Gasteiger partial charge is 0.252 e. The van der Waals surface area contributed by atoms with Gasteiger partial charge in [-0.1, -0.05) is 54.6 Å². The molecule has 7 aromatic rings. The number of rotatable bonds is 5. The van der Waals surface area contributed by atoms with Gasteiger partial charge in [-0.25, -0.2) is 0 Å². The lowest BCUT2D eigenvalue weighted by atomic mass is 9.91. The molecule has 4 N–H and O–H groups in total. The number of likely N-dealkylation sites (N-methyl/N-ethyl adjacent to an activating group) is 1. The van der Waals surface area contributed by atoms with Gasteiger partial charge in [-0.2, -0.15) is 0 Å². The SMILES string of the molecule is COC1C(N(C)C(=O)C(N)Cc2c[nH]c3ccccc23)CC2OC1(C)n1c3ccccc3c3c4c(c5c6ccccc6n2c5c31)C(=O)NC4. The highest BCUT2D eigenvalue weighted by Gasteiger charge is 2.55. The summed E-state index contributed by atoms with van der Waals surface area (Å²) in [7, 11) is 3.54. The van der Waals surface area contributed by atoms with Crippen molar-refractivity contribution < 1.29 is 19.1 Å². The standard InChI is InChI=1S/C39H36N6O4/c1-39-36(48-3)29(43(2)38(47)25(40)16-20-18-41-26-13-7-4-10-21(20)26)17-30(49-39)44-27-14-8-5-11-22(27)32-33-24(19-42-37(33)46)31-23-12-6-9-15-28(23)45(39)35(31)34(32)44/h4-15,18,25,29-30,36,41H,16-17,19,40H2,1-3H3,(H,42,46). The Bertz CT molecular complexity index is 2560. The number of fused-ring (bicyclic) bond motifs is 14. The van der Waals surface area contributed by atoms with Gasteiger partial charge in [0, 0.05) is 65.8 Å². The molecule has 4 aromatic carbocycles. The fraction of sp³-hybridized carbons (Fsp3) is 0.282. The first-order valence-corrected chi connectivity index (χ1v) is 16.9. The number of aromatic nitrogens is 3. The first-order chi connectivity index (χ1) is 23.8. The van der Waals surface area contributed by atoms with Gasteiger partial charge < -0.3 is 39.5 Å². The summed E-state index contributed by atoms with van der Waals surface area (Å²) in [5.74, 6) is -0.212. The zero-order chi connectivity index (χ0) is 33.3. The third-order valence-corrected chi connectivity index (χ3v) is 11.5. The van der Waals surface area contributed by atoms with E-state index in [0.717, 1.165) is 71.2 Å². The van der Waals surface area contributed by atoms with Crippen molar-refractivity contribution in [1.29, 1.82) is 0 Å². The van der Waals surface area contributed by atoms with Crippen LogP contribution in [0.5, 0.6) is 0 Å². The Kier molecular flexibility index (Phi) is 5.85. The molecule has 2 bridgehead atoms. The number of ether oxygens (including phenoxy) is 2. The zero-order valence-corrected chi connectivity index (χ0v) is 27.5. The van der Waals surface area contributed by atoms with E-state index in [0.29, 0.717) is 19.4 Å². The van der Waals surface area contributed by atoms with Gasteiger partial charge in [0.05, 0.1) is 39.7 Å². The second kappa shape index (κ2) is 9.94. The van der Waals surface area contributed by atoms with Crippen molar-refractivity contribution in [1.82, 2.24) is 24.3 Å². The number of carbonyl (C=O) groups is 2. The number of hydrogen-bond acceptors (Lipinski definition) is 5. The van der Waals surface area contributed by atoms with Crippen molar-refractivity contribution in [2.24, 2.45) is 5.73 Å². The van der Waals surface area contributed by atoms with Crippen LogP contribution in [-0.2, 0) is 33.0 Å². The van der Waals surface area contributed by atoms with Crippen molar-refractivity contribution in [3.05, 3.63) is 95.7 Å². The van der Waals surface area contributed by atoms with E-state index in [1.807, 2.05) is 55.7 Å². The molecule has 1 saturated heterocycles.